The number of phenols is 2. The molecular weight excluding hydrogens is 384 g/mol. The van der Waals surface area contributed by atoms with E-state index < -0.39 is 0 Å². The number of aromatic amines is 1. The predicted molar refractivity (Wildman–Crippen MR) is 113 cm³/mol. The molecule has 0 aliphatic heterocycles. The quantitative estimate of drug-likeness (QED) is 0.227. The van der Waals surface area contributed by atoms with Crippen LogP contribution in [0.1, 0.15) is 18.1 Å². The van der Waals surface area contributed by atoms with Crippen molar-refractivity contribution in [3.8, 4) is 11.5 Å². The monoisotopic (exact) mass is 402 g/mol. The van der Waals surface area contributed by atoms with Crippen LogP contribution in [0.5, 0.6) is 11.5 Å². The number of nitrogens with one attached hydrogen (secondary N) is 2. The Hall–Kier alpha value is -2.91. The number of thiocarbonyl (C=S) groups is 1. The average molecular weight is 403 g/mol. The molecule has 0 atom stereocenters. The number of hydrazone groups is 1. The van der Waals surface area contributed by atoms with E-state index in [-0.39, 0.29) is 16.4 Å². The Balaban J connectivity index is 2.11. The van der Waals surface area contributed by atoms with Crippen molar-refractivity contribution < 1.29 is 10.2 Å². The molecule has 0 spiro atoms. The fourth-order valence-electron chi connectivity index (χ4n) is 2.75. The summed E-state index contributed by atoms with van der Waals surface area (Å²) in [6.07, 6.45) is 0.597. The first-order valence-corrected chi connectivity index (χ1v) is 9.42. The molecular formula is C18H18N4O3S2. The van der Waals surface area contributed by atoms with Crippen LogP contribution in [0.3, 0.4) is 0 Å². The number of thiazole rings is 1. The number of amidine groups is 1. The first kappa shape index (κ1) is 18.9. The summed E-state index contributed by atoms with van der Waals surface area (Å²) in [7, 11) is 1.79. The second-order valence-electron chi connectivity index (χ2n) is 5.79. The topological polar surface area (TPSA) is 101 Å². The summed E-state index contributed by atoms with van der Waals surface area (Å²) in [6.45, 7) is 1.91. The first-order chi connectivity index (χ1) is 12.9. The summed E-state index contributed by atoms with van der Waals surface area (Å²) in [5, 5.41) is 24.6. The molecule has 1 heterocycles. The van der Waals surface area contributed by atoms with Gasteiger partial charge < -0.3 is 20.1 Å². The van der Waals surface area contributed by atoms with Gasteiger partial charge in [0, 0.05) is 18.8 Å². The SMILES string of the molecule is CCc1cc(/C(=N/NC=S)N(C)c2ccc3[nH]c(=O)sc3c2)c(O)cc1O. The molecule has 7 nitrogen and oxygen atoms in total. The average Bonchev–Trinajstić information content (AvgIpc) is 3.02. The van der Waals surface area contributed by atoms with Crippen molar-refractivity contribution in [2.45, 2.75) is 13.3 Å². The Labute approximate surface area is 164 Å². The Morgan fingerprint density at radius 3 is 2.81 bits per heavy atom. The molecule has 4 N–H and O–H groups in total. The van der Waals surface area contributed by atoms with Crippen LogP contribution in [-0.4, -0.2) is 33.6 Å². The lowest BCUT2D eigenvalue weighted by atomic mass is 10.0. The summed E-state index contributed by atoms with van der Waals surface area (Å²) in [6, 6.07) is 8.52. The van der Waals surface area contributed by atoms with Gasteiger partial charge in [0.15, 0.2) is 5.84 Å². The molecule has 140 valence electrons. The van der Waals surface area contributed by atoms with E-state index in [1.165, 1.54) is 11.6 Å². The van der Waals surface area contributed by atoms with Crippen LogP contribution in [0.2, 0.25) is 0 Å². The highest BCUT2D eigenvalue weighted by molar-refractivity contribution is 7.78. The third-order valence-electron chi connectivity index (χ3n) is 4.15. The molecule has 3 rings (SSSR count). The number of rotatable bonds is 5. The molecule has 0 saturated heterocycles. The molecule has 27 heavy (non-hydrogen) atoms. The highest BCUT2D eigenvalue weighted by Gasteiger charge is 2.19. The van der Waals surface area contributed by atoms with Gasteiger partial charge in [0.25, 0.3) is 0 Å². The van der Waals surface area contributed by atoms with Crippen LogP contribution in [0.4, 0.5) is 5.69 Å². The maximum Gasteiger partial charge on any atom is 0.305 e. The van der Waals surface area contributed by atoms with Gasteiger partial charge in [0.2, 0.25) is 0 Å². The summed E-state index contributed by atoms with van der Waals surface area (Å²) < 4.78 is 0.815. The lowest BCUT2D eigenvalue weighted by molar-refractivity contribution is 0.445. The molecule has 0 aliphatic carbocycles. The van der Waals surface area contributed by atoms with Crippen molar-refractivity contribution in [1.82, 2.24) is 10.4 Å². The van der Waals surface area contributed by atoms with Gasteiger partial charge in [-0.25, -0.2) is 0 Å². The number of H-pyrrole nitrogens is 1. The Morgan fingerprint density at radius 1 is 1.33 bits per heavy atom. The number of aromatic nitrogens is 1. The molecule has 0 aliphatic rings. The number of hydrogen-bond donors (Lipinski definition) is 4. The van der Waals surface area contributed by atoms with Gasteiger partial charge in [-0.3, -0.25) is 10.2 Å². The van der Waals surface area contributed by atoms with Crippen molar-refractivity contribution in [2.24, 2.45) is 5.10 Å². The van der Waals surface area contributed by atoms with Crippen LogP contribution in [-0.2, 0) is 6.42 Å². The molecule has 0 amide bonds. The maximum atomic E-state index is 11.6. The minimum absolute atomic E-state index is 0.0297. The molecule has 9 heteroatoms. The molecule has 0 bridgehead atoms. The number of fused-ring (bicyclic) bond motifs is 1. The standard InChI is InChI=1S/C18H18N4O3S2/c1-3-10-6-12(15(24)8-14(10)23)17(21-19-9-26)22(2)11-4-5-13-16(7-11)27-18(25)20-13/h4-9,23-24H,3H2,1-2H3,(H,19,26)(H,20,25)/b21-17-. The van der Waals surface area contributed by atoms with Crippen molar-refractivity contribution in [2.75, 3.05) is 11.9 Å². The van der Waals surface area contributed by atoms with Gasteiger partial charge >= 0.3 is 4.87 Å². The Morgan fingerprint density at radius 2 is 2.11 bits per heavy atom. The van der Waals surface area contributed by atoms with Crippen molar-refractivity contribution in [3.63, 3.8) is 0 Å². The largest absolute Gasteiger partial charge is 0.508 e. The molecule has 0 saturated carbocycles. The van der Waals surface area contributed by atoms with Crippen LogP contribution in [0.15, 0.2) is 40.2 Å². The summed E-state index contributed by atoms with van der Waals surface area (Å²) in [5.41, 5.74) is 6.55. The van der Waals surface area contributed by atoms with E-state index in [0.29, 0.717) is 23.4 Å². The molecule has 1 aromatic heterocycles. The van der Waals surface area contributed by atoms with Gasteiger partial charge in [0.1, 0.15) is 11.5 Å². The molecule has 2 aromatic carbocycles. The summed E-state index contributed by atoms with van der Waals surface area (Å²) >= 11 is 5.91. The minimum Gasteiger partial charge on any atom is -0.508 e. The van der Waals surface area contributed by atoms with E-state index in [9.17, 15) is 15.0 Å². The third-order valence-corrected chi connectivity index (χ3v) is 5.10. The lowest BCUT2D eigenvalue weighted by Gasteiger charge is -2.22. The fourth-order valence-corrected chi connectivity index (χ4v) is 3.57. The van der Waals surface area contributed by atoms with Gasteiger partial charge in [-0.15, -0.1) is 0 Å². The number of nitrogens with zero attached hydrogens (tertiary/aromatic N) is 2. The van der Waals surface area contributed by atoms with Gasteiger partial charge in [-0.1, -0.05) is 30.5 Å². The number of benzene rings is 2. The van der Waals surface area contributed by atoms with E-state index in [2.05, 4.69) is 15.5 Å². The van der Waals surface area contributed by atoms with Crippen molar-refractivity contribution in [1.29, 1.82) is 0 Å². The molecule has 0 radical (unpaired) electrons. The van der Waals surface area contributed by atoms with Crippen LogP contribution in [0, 0.1) is 0 Å². The van der Waals surface area contributed by atoms with Gasteiger partial charge in [0.05, 0.1) is 21.3 Å². The van der Waals surface area contributed by atoms with E-state index in [1.807, 2.05) is 25.1 Å². The third kappa shape index (κ3) is 3.79. The fraction of sp³-hybridized carbons (Fsp3) is 0.167. The number of phenolic OH excluding ortho intramolecular Hbond substituents is 2. The number of hydrogen-bond acceptors (Lipinski definition) is 6. The normalized spacial score (nSPS) is 11.6. The highest BCUT2D eigenvalue weighted by atomic mass is 32.1. The van der Waals surface area contributed by atoms with E-state index in [0.717, 1.165) is 27.2 Å². The minimum atomic E-state index is -0.121. The van der Waals surface area contributed by atoms with Crippen molar-refractivity contribution >= 4 is 50.8 Å². The highest BCUT2D eigenvalue weighted by Crippen LogP contribution is 2.30. The lowest BCUT2D eigenvalue weighted by Crippen LogP contribution is -2.29. The Bertz CT molecular complexity index is 1090. The predicted octanol–water partition coefficient (Wildman–Crippen LogP) is 2.91. The second-order valence-corrected chi connectivity index (χ2v) is 7.04. The zero-order chi connectivity index (χ0) is 19.6. The van der Waals surface area contributed by atoms with E-state index in [1.54, 1.807) is 18.0 Å². The van der Waals surface area contributed by atoms with Crippen molar-refractivity contribution in [3.05, 3.63) is 51.1 Å². The number of aryl methyl sites for hydroxylation is 1. The zero-order valence-electron chi connectivity index (χ0n) is 14.7. The van der Waals surface area contributed by atoms with Gasteiger partial charge in [-0.2, -0.15) is 5.10 Å². The zero-order valence-corrected chi connectivity index (χ0v) is 16.3. The molecule has 3 aromatic rings. The van der Waals surface area contributed by atoms with E-state index >= 15 is 0 Å². The first-order valence-electron chi connectivity index (χ1n) is 8.13. The second kappa shape index (κ2) is 7.77. The Kier molecular flexibility index (Phi) is 5.43. The van der Waals surface area contributed by atoms with Crippen LogP contribution >= 0.6 is 23.6 Å². The van der Waals surface area contributed by atoms with Crippen LogP contribution < -0.4 is 15.2 Å². The maximum absolute atomic E-state index is 11.6. The van der Waals surface area contributed by atoms with E-state index in [4.69, 9.17) is 12.2 Å². The van der Waals surface area contributed by atoms with Gasteiger partial charge in [-0.05, 0) is 36.2 Å². The molecule has 0 unspecified atom stereocenters. The smallest absolute Gasteiger partial charge is 0.305 e. The number of aromatic hydroxyl groups is 2. The summed E-state index contributed by atoms with van der Waals surface area (Å²) in [5.74, 6) is 0.335. The number of anilines is 1. The van der Waals surface area contributed by atoms with Crippen LogP contribution in [0.25, 0.3) is 10.2 Å². The molecule has 0 fully saturated rings. The summed E-state index contributed by atoms with van der Waals surface area (Å²) in [4.78, 5) is 16.0.